The van der Waals surface area contributed by atoms with Gasteiger partial charge < -0.3 is 14.7 Å². The molecule has 0 saturated carbocycles. The lowest BCUT2D eigenvalue weighted by molar-refractivity contribution is 0.0690. The first-order valence-electron chi connectivity index (χ1n) is 7.95. The van der Waals surface area contributed by atoms with Crippen LogP contribution in [-0.4, -0.2) is 35.8 Å². The monoisotopic (exact) mass is 330 g/mol. The van der Waals surface area contributed by atoms with Crippen LogP contribution < -0.4 is 9.64 Å². The van der Waals surface area contributed by atoms with Gasteiger partial charge in [0.2, 0.25) is 0 Å². The number of carboxylic acids is 1. The van der Waals surface area contributed by atoms with Crippen LogP contribution in [0.2, 0.25) is 0 Å². The van der Waals surface area contributed by atoms with Crippen molar-refractivity contribution in [2.24, 2.45) is 5.92 Å². The van der Waals surface area contributed by atoms with Crippen LogP contribution in [0.4, 0.5) is 10.2 Å². The molecule has 1 aliphatic heterocycles. The number of anilines is 1. The van der Waals surface area contributed by atoms with E-state index in [4.69, 9.17) is 9.84 Å². The Kier molecular flexibility index (Phi) is 4.93. The van der Waals surface area contributed by atoms with Gasteiger partial charge in [-0.2, -0.15) is 0 Å². The van der Waals surface area contributed by atoms with Crippen LogP contribution in [0, 0.1) is 11.7 Å². The van der Waals surface area contributed by atoms with Gasteiger partial charge in [-0.3, -0.25) is 0 Å². The molecule has 0 radical (unpaired) electrons. The Labute approximate surface area is 139 Å². The van der Waals surface area contributed by atoms with Gasteiger partial charge >= 0.3 is 5.97 Å². The summed E-state index contributed by atoms with van der Waals surface area (Å²) < 4.78 is 18.6. The maximum atomic E-state index is 12.9. The van der Waals surface area contributed by atoms with Gasteiger partial charge in [-0.25, -0.2) is 14.2 Å². The number of nitrogens with zero attached hydrogens (tertiary/aromatic N) is 2. The van der Waals surface area contributed by atoms with E-state index < -0.39 is 5.97 Å². The fourth-order valence-electron chi connectivity index (χ4n) is 2.87. The number of rotatable bonds is 5. The molecule has 24 heavy (non-hydrogen) atoms. The van der Waals surface area contributed by atoms with Gasteiger partial charge in [-0.1, -0.05) is 6.07 Å². The molecule has 2 heterocycles. The summed E-state index contributed by atoms with van der Waals surface area (Å²) in [6.07, 6.45) is 2.03. The Bertz CT molecular complexity index is 706. The van der Waals surface area contributed by atoms with Crippen molar-refractivity contribution in [3.8, 4) is 5.75 Å². The predicted octanol–water partition coefficient (Wildman–Crippen LogP) is 3.21. The van der Waals surface area contributed by atoms with Crippen molar-refractivity contribution < 1.29 is 19.0 Å². The smallest absolute Gasteiger partial charge is 0.354 e. The molecule has 1 N–H and O–H groups in total. The van der Waals surface area contributed by atoms with Crippen molar-refractivity contribution in [2.45, 2.75) is 12.8 Å². The normalized spacial score (nSPS) is 17.5. The van der Waals surface area contributed by atoms with E-state index in [2.05, 4.69) is 9.88 Å². The first-order chi connectivity index (χ1) is 11.6. The molecule has 1 saturated heterocycles. The third kappa shape index (κ3) is 4.01. The van der Waals surface area contributed by atoms with Gasteiger partial charge in [0.05, 0.1) is 6.61 Å². The van der Waals surface area contributed by atoms with Crippen LogP contribution in [-0.2, 0) is 0 Å². The van der Waals surface area contributed by atoms with E-state index in [0.29, 0.717) is 24.1 Å². The number of carboxylic acid groups (broad SMARTS) is 1. The maximum absolute atomic E-state index is 12.9. The molecular formula is C18H19FN2O3. The summed E-state index contributed by atoms with van der Waals surface area (Å²) in [5.41, 5.74) is 0.0529. The number of aromatic nitrogens is 1. The van der Waals surface area contributed by atoms with E-state index in [0.717, 1.165) is 25.9 Å². The summed E-state index contributed by atoms with van der Waals surface area (Å²) in [7, 11) is 0. The van der Waals surface area contributed by atoms with E-state index in [9.17, 15) is 9.18 Å². The standard InChI is InChI=1S/C18H19FN2O3/c19-14-6-8-15(9-7-14)24-12-13-3-2-10-21(11-13)17-5-1-4-16(20-17)18(22)23/h1,4-9,13H,2-3,10-12H2,(H,22,23). The third-order valence-electron chi connectivity index (χ3n) is 4.10. The molecule has 0 spiro atoms. The maximum Gasteiger partial charge on any atom is 0.354 e. The molecule has 3 rings (SSSR count). The van der Waals surface area contributed by atoms with Crippen molar-refractivity contribution in [3.63, 3.8) is 0 Å². The number of aromatic carboxylic acids is 1. The first-order valence-corrected chi connectivity index (χ1v) is 7.95. The van der Waals surface area contributed by atoms with Crippen molar-refractivity contribution in [1.29, 1.82) is 0 Å². The van der Waals surface area contributed by atoms with Gasteiger partial charge in [0, 0.05) is 19.0 Å². The Hall–Kier alpha value is -2.63. The highest BCUT2D eigenvalue weighted by Crippen LogP contribution is 2.23. The molecule has 1 atom stereocenters. The lowest BCUT2D eigenvalue weighted by Crippen LogP contribution is -2.38. The number of hydrogen-bond acceptors (Lipinski definition) is 4. The molecule has 1 unspecified atom stereocenters. The van der Waals surface area contributed by atoms with E-state index in [1.807, 2.05) is 6.07 Å². The lowest BCUT2D eigenvalue weighted by atomic mass is 9.99. The Balaban J connectivity index is 1.60. The molecule has 1 aromatic carbocycles. The van der Waals surface area contributed by atoms with Crippen LogP contribution in [0.25, 0.3) is 0 Å². The Morgan fingerprint density at radius 1 is 1.29 bits per heavy atom. The van der Waals surface area contributed by atoms with Crippen LogP contribution in [0.15, 0.2) is 42.5 Å². The first kappa shape index (κ1) is 16.2. The number of piperidine rings is 1. The zero-order valence-corrected chi connectivity index (χ0v) is 13.2. The lowest BCUT2D eigenvalue weighted by Gasteiger charge is -2.33. The second-order valence-electron chi connectivity index (χ2n) is 5.91. The SMILES string of the molecule is O=C(O)c1cccc(N2CCCC(COc3ccc(F)cc3)C2)n1. The molecule has 5 nitrogen and oxygen atoms in total. The third-order valence-corrected chi connectivity index (χ3v) is 4.10. The number of benzene rings is 1. The van der Waals surface area contributed by atoms with Crippen molar-refractivity contribution in [3.05, 3.63) is 54.0 Å². The average molecular weight is 330 g/mol. The van der Waals surface area contributed by atoms with E-state index in [1.54, 1.807) is 18.2 Å². The average Bonchev–Trinajstić information content (AvgIpc) is 2.61. The van der Waals surface area contributed by atoms with Gasteiger partial charge in [0.25, 0.3) is 0 Å². The van der Waals surface area contributed by atoms with Crippen LogP contribution in [0.5, 0.6) is 5.75 Å². The highest BCUT2D eigenvalue weighted by molar-refractivity contribution is 5.85. The molecule has 0 aliphatic carbocycles. The fraction of sp³-hybridized carbons (Fsp3) is 0.333. The second-order valence-corrected chi connectivity index (χ2v) is 5.91. The van der Waals surface area contributed by atoms with Crippen LogP contribution in [0.1, 0.15) is 23.3 Å². The summed E-state index contributed by atoms with van der Waals surface area (Å²) in [5, 5.41) is 9.06. The topological polar surface area (TPSA) is 62.7 Å². The zero-order chi connectivity index (χ0) is 16.9. The molecule has 1 fully saturated rings. The van der Waals surface area contributed by atoms with Crippen LogP contribution in [0.3, 0.4) is 0 Å². The summed E-state index contributed by atoms with van der Waals surface area (Å²) >= 11 is 0. The van der Waals surface area contributed by atoms with E-state index in [-0.39, 0.29) is 11.5 Å². The van der Waals surface area contributed by atoms with E-state index >= 15 is 0 Å². The van der Waals surface area contributed by atoms with Gasteiger partial charge in [0.15, 0.2) is 5.69 Å². The molecule has 1 aliphatic rings. The highest BCUT2D eigenvalue weighted by Gasteiger charge is 2.22. The minimum absolute atomic E-state index is 0.0529. The predicted molar refractivity (Wildman–Crippen MR) is 88.0 cm³/mol. The van der Waals surface area contributed by atoms with Crippen molar-refractivity contribution >= 4 is 11.8 Å². The zero-order valence-electron chi connectivity index (χ0n) is 13.2. The molecular weight excluding hydrogens is 311 g/mol. The van der Waals surface area contributed by atoms with E-state index in [1.165, 1.54) is 18.2 Å². The Morgan fingerprint density at radius 2 is 2.08 bits per heavy atom. The summed E-state index contributed by atoms with van der Waals surface area (Å²) in [4.78, 5) is 17.4. The van der Waals surface area contributed by atoms with Gasteiger partial charge in [-0.05, 0) is 49.2 Å². The van der Waals surface area contributed by atoms with Gasteiger partial charge in [0.1, 0.15) is 17.4 Å². The summed E-state index contributed by atoms with van der Waals surface area (Å²) in [5.74, 6) is 0.348. The van der Waals surface area contributed by atoms with Crippen molar-refractivity contribution in [1.82, 2.24) is 4.98 Å². The fourth-order valence-corrected chi connectivity index (χ4v) is 2.87. The largest absolute Gasteiger partial charge is 0.493 e. The number of halogens is 1. The number of carbonyl (C=O) groups is 1. The molecule has 0 amide bonds. The molecule has 1 aromatic heterocycles. The Morgan fingerprint density at radius 3 is 2.83 bits per heavy atom. The minimum atomic E-state index is -1.02. The van der Waals surface area contributed by atoms with Crippen LogP contribution >= 0.6 is 0 Å². The molecule has 0 bridgehead atoms. The summed E-state index contributed by atoms with van der Waals surface area (Å²) in [6, 6.07) is 11.0. The summed E-state index contributed by atoms with van der Waals surface area (Å²) in [6.45, 7) is 2.15. The van der Waals surface area contributed by atoms with Gasteiger partial charge in [-0.15, -0.1) is 0 Å². The molecule has 6 heteroatoms. The molecule has 2 aromatic rings. The van der Waals surface area contributed by atoms with Crippen molar-refractivity contribution in [2.75, 3.05) is 24.6 Å². The number of ether oxygens (including phenoxy) is 1. The quantitative estimate of drug-likeness (QED) is 0.912. The minimum Gasteiger partial charge on any atom is -0.493 e. The second kappa shape index (κ2) is 7.29. The molecule has 126 valence electrons. The number of pyridine rings is 1. The highest BCUT2D eigenvalue weighted by atomic mass is 19.1. The number of hydrogen-bond donors (Lipinski definition) is 1.